The molecule has 0 spiro atoms. The molecule has 0 saturated carbocycles. The van der Waals surface area contributed by atoms with Gasteiger partial charge < -0.3 is 0 Å². The van der Waals surface area contributed by atoms with Crippen LogP contribution in [0.25, 0.3) is 0 Å². The first-order chi connectivity index (χ1) is 8.68. The molecule has 0 atom stereocenters. The molecule has 0 aliphatic heterocycles. The third kappa shape index (κ3) is 3.48. The van der Waals surface area contributed by atoms with Gasteiger partial charge in [-0.2, -0.15) is 0 Å². The summed E-state index contributed by atoms with van der Waals surface area (Å²) in [5.74, 6) is 0. The van der Waals surface area contributed by atoms with Crippen molar-refractivity contribution in [3.63, 3.8) is 0 Å². The lowest BCUT2D eigenvalue weighted by Crippen LogP contribution is -1.94. The Kier molecular flexibility index (Phi) is 4.23. The highest BCUT2D eigenvalue weighted by Crippen LogP contribution is 2.20. The van der Waals surface area contributed by atoms with E-state index in [1.54, 1.807) is 35.7 Å². The minimum Gasteiger partial charge on any atom is -0.219 e. The summed E-state index contributed by atoms with van der Waals surface area (Å²) in [5.41, 5.74) is 0. The second-order valence-electron chi connectivity index (χ2n) is 3.56. The first-order valence-electron chi connectivity index (χ1n) is 5.37. The molecular weight excluding hydrogens is 264 g/mol. The van der Waals surface area contributed by atoms with E-state index in [-0.39, 0.29) is 0 Å². The van der Waals surface area contributed by atoms with Gasteiger partial charge in [0.15, 0.2) is 9.84 Å². The highest BCUT2D eigenvalue weighted by Gasteiger charge is 2.08. The van der Waals surface area contributed by atoms with Crippen molar-refractivity contribution < 1.29 is 8.42 Å². The molecule has 0 unspecified atom stereocenters. The lowest BCUT2D eigenvalue weighted by molar-refractivity contribution is 0.604. The average molecular weight is 276 g/mol. The lowest BCUT2D eigenvalue weighted by atomic mass is 10.4. The van der Waals surface area contributed by atoms with Crippen molar-refractivity contribution in [2.24, 2.45) is 0 Å². The molecular formula is C14H12O2S2. The van der Waals surface area contributed by atoms with E-state index >= 15 is 0 Å². The number of benzene rings is 2. The molecule has 0 heterocycles. The minimum atomic E-state index is -3.33. The maximum absolute atomic E-state index is 11.9. The van der Waals surface area contributed by atoms with Gasteiger partial charge in [-0.1, -0.05) is 48.2 Å². The zero-order valence-corrected chi connectivity index (χ0v) is 11.2. The van der Waals surface area contributed by atoms with Crippen LogP contribution in [0.3, 0.4) is 0 Å². The predicted octanol–water partition coefficient (Wildman–Crippen LogP) is 3.72. The van der Waals surface area contributed by atoms with Crippen LogP contribution in [0, 0.1) is 0 Å². The average Bonchev–Trinajstić information content (AvgIpc) is 2.41. The number of hydrogen-bond donors (Lipinski definition) is 0. The maximum Gasteiger partial charge on any atom is 0.200 e. The molecule has 4 heteroatoms. The van der Waals surface area contributed by atoms with Crippen molar-refractivity contribution in [2.45, 2.75) is 9.79 Å². The van der Waals surface area contributed by atoms with Crippen LogP contribution in [0.15, 0.2) is 81.3 Å². The van der Waals surface area contributed by atoms with Gasteiger partial charge in [0.1, 0.15) is 0 Å². The molecule has 0 saturated heterocycles. The molecule has 0 bridgehead atoms. The summed E-state index contributed by atoms with van der Waals surface area (Å²) in [6, 6.07) is 18.0. The van der Waals surface area contributed by atoms with E-state index in [0.29, 0.717) is 4.90 Å². The fourth-order valence-corrected chi connectivity index (χ4v) is 3.34. The minimum absolute atomic E-state index is 0.315. The predicted molar refractivity (Wildman–Crippen MR) is 75.1 cm³/mol. The molecule has 0 aliphatic rings. The Labute approximate surface area is 111 Å². The number of thioether (sulfide) groups is 1. The number of hydrogen-bond acceptors (Lipinski definition) is 3. The van der Waals surface area contributed by atoms with Gasteiger partial charge in [-0.3, -0.25) is 0 Å². The Morgan fingerprint density at radius 2 is 1.39 bits per heavy atom. The zero-order valence-electron chi connectivity index (χ0n) is 9.56. The molecule has 2 rings (SSSR count). The third-order valence-electron chi connectivity index (χ3n) is 2.25. The first-order valence-corrected chi connectivity index (χ1v) is 7.79. The van der Waals surface area contributed by atoms with E-state index in [1.165, 1.54) is 17.2 Å². The molecule has 0 aliphatic carbocycles. The van der Waals surface area contributed by atoms with Gasteiger partial charge in [0.05, 0.1) is 4.90 Å². The second-order valence-corrected chi connectivity index (χ2v) is 6.37. The molecule has 0 fully saturated rings. The van der Waals surface area contributed by atoms with Gasteiger partial charge in [0, 0.05) is 10.3 Å². The Bertz CT molecular complexity index is 617. The van der Waals surface area contributed by atoms with E-state index in [1.807, 2.05) is 30.3 Å². The molecule has 2 aromatic rings. The van der Waals surface area contributed by atoms with Gasteiger partial charge in [-0.25, -0.2) is 8.42 Å². The molecule has 92 valence electrons. The molecule has 2 nitrogen and oxygen atoms in total. The Hall–Kier alpha value is -1.52. The summed E-state index contributed by atoms with van der Waals surface area (Å²) < 4.78 is 23.8. The van der Waals surface area contributed by atoms with Crippen LogP contribution < -0.4 is 0 Å². The molecule has 0 aromatic heterocycles. The lowest BCUT2D eigenvalue weighted by Gasteiger charge is -1.98. The highest BCUT2D eigenvalue weighted by atomic mass is 32.2. The van der Waals surface area contributed by atoms with Crippen LogP contribution in [-0.4, -0.2) is 8.42 Å². The van der Waals surface area contributed by atoms with Gasteiger partial charge in [-0.15, -0.1) is 0 Å². The van der Waals surface area contributed by atoms with Crippen LogP contribution in [0.1, 0.15) is 0 Å². The Balaban J connectivity index is 2.10. The largest absolute Gasteiger partial charge is 0.219 e. The van der Waals surface area contributed by atoms with Crippen molar-refractivity contribution in [1.29, 1.82) is 0 Å². The smallest absolute Gasteiger partial charge is 0.200 e. The standard InChI is InChI=1S/C14H12O2S2/c15-18(16,14-9-5-2-6-10-14)12-11-17-13-7-3-1-4-8-13/h1-12H/b12-11+. The molecule has 0 radical (unpaired) electrons. The fourth-order valence-electron chi connectivity index (χ4n) is 1.37. The second kappa shape index (κ2) is 5.89. The Morgan fingerprint density at radius 1 is 0.833 bits per heavy atom. The summed E-state index contributed by atoms with van der Waals surface area (Å²) in [4.78, 5) is 1.33. The van der Waals surface area contributed by atoms with Gasteiger partial charge in [0.25, 0.3) is 0 Å². The van der Waals surface area contributed by atoms with Gasteiger partial charge in [0.2, 0.25) is 0 Å². The highest BCUT2D eigenvalue weighted by molar-refractivity contribution is 8.03. The Morgan fingerprint density at radius 3 is 2.00 bits per heavy atom. The van der Waals surface area contributed by atoms with E-state index in [9.17, 15) is 8.42 Å². The quantitative estimate of drug-likeness (QED) is 0.798. The molecule has 2 aromatic carbocycles. The van der Waals surface area contributed by atoms with Crippen LogP contribution in [-0.2, 0) is 9.84 Å². The number of sulfone groups is 1. The van der Waals surface area contributed by atoms with Crippen LogP contribution in [0.4, 0.5) is 0 Å². The van der Waals surface area contributed by atoms with Crippen LogP contribution in [0.5, 0.6) is 0 Å². The van der Waals surface area contributed by atoms with E-state index in [0.717, 1.165) is 4.90 Å². The summed E-state index contributed by atoms with van der Waals surface area (Å²) in [6.45, 7) is 0. The van der Waals surface area contributed by atoms with Crippen molar-refractivity contribution in [3.8, 4) is 0 Å². The van der Waals surface area contributed by atoms with E-state index in [4.69, 9.17) is 0 Å². The van der Waals surface area contributed by atoms with E-state index < -0.39 is 9.84 Å². The van der Waals surface area contributed by atoms with Crippen LogP contribution in [0.2, 0.25) is 0 Å². The zero-order chi connectivity index (χ0) is 12.8. The third-order valence-corrected chi connectivity index (χ3v) is 4.67. The molecule has 0 N–H and O–H groups in total. The van der Waals surface area contributed by atoms with Crippen molar-refractivity contribution in [2.75, 3.05) is 0 Å². The molecule has 18 heavy (non-hydrogen) atoms. The van der Waals surface area contributed by atoms with Gasteiger partial charge in [-0.05, 0) is 29.7 Å². The summed E-state index contributed by atoms with van der Waals surface area (Å²) in [5, 5.41) is 2.83. The van der Waals surface area contributed by atoms with E-state index in [2.05, 4.69) is 0 Å². The first kappa shape index (κ1) is 12.9. The van der Waals surface area contributed by atoms with Crippen LogP contribution >= 0.6 is 11.8 Å². The SMILES string of the molecule is O=S(=O)(/C=C/Sc1ccccc1)c1ccccc1. The van der Waals surface area contributed by atoms with Crippen molar-refractivity contribution >= 4 is 21.6 Å². The summed E-state index contributed by atoms with van der Waals surface area (Å²) in [7, 11) is -3.33. The van der Waals surface area contributed by atoms with Crippen molar-refractivity contribution in [1.82, 2.24) is 0 Å². The van der Waals surface area contributed by atoms with Gasteiger partial charge >= 0.3 is 0 Å². The van der Waals surface area contributed by atoms with Crippen molar-refractivity contribution in [3.05, 3.63) is 71.5 Å². The fraction of sp³-hybridized carbons (Fsp3) is 0. The molecule has 0 amide bonds. The summed E-state index contributed by atoms with van der Waals surface area (Å²) in [6.07, 6.45) is 0. The summed E-state index contributed by atoms with van der Waals surface area (Å²) >= 11 is 1.38. The number of rotatable bonds is 4. The maximum atomic E-state index is 11.9. The monoisotopic (exact) mass is 276 g/mol. The normalized spacial score (nSPS) is 11.8. The topological polar surface area (TPSA) is 34.1 Å².